The maximum absolute atomic E-state index is 13.3. The molecule has 0 unspecified atom stereocenters. The van der Waals surface area contributed by atoms with Crippen molar-refractivity contribution in [3.63, 3.8) is 0 Å². The number of hydrogen-bond acceptors (Lipinski definition) is 4. The highest BCUT2D eigenvalue weighted by Gasteiger charge is 2.43. The van der Waals surface area contributed by atoms with Gasteiger partial charge in [-0.25, -0.2) is 9.10 Å². The highest BCUT2D eigenvalue weighted by molar-refractivity contribution is 7.89. The van der Waals surface area contributed by atoms with E-state index >= 15 is 0 Å². The topological polar surface area (TPSA) is 75.5 Å². The first kappa shape index (κ1) is 21.7. The molecule has 0 saturated carbocycles. The Morgan fingerprint density at radius 1 is 1.00 bits per heavy atom. The molecule has 2 aromatic carbocycles. The fourth-order valence-corrected chi connectivity index (χ4v) is 5.76. The zero-order valence-corrected chi connectivity index (χ0v) is 19.0. The van der Waals surface area contributed by atoms with Crippen LogP contribution in [0.2, 0.25) is 10.0 Å². The Bertz CT molecular complexity index is 1230. The normalized spacial score (nSPS) is 15.3. The van der Waals surface area contributed by atoms with Crippen molar-refractivity contribution < 1.29 is 13.2 Å². The molecule has 162 valence electrons. The molecule has 0 aliphatic carbocycles. The van der Waals surface area contributed by atoms with Crippen LogP contribution in [0.3, 0.4) is 0 Å². The molecule has 1 aromatic heterocycles. The van der Waals surface area contributed by atoms with Crippen LogP contribution in [0.1, 0.15) is 11.1 Å². The van der Waals surface area contributed by atoms with Gasteiger partial charge in [0.25, 0.3) is 10.0 Å². The first-order chi connectivity index (χ1) is 14.8. The zero-order valence-electron chi connectivity index (χ0n) is 16.7. The molecule has 2 heterocycles. The molecule has 0 atom stereocenters. The fraction of sp³-hybridized carbons (Fsp3) is 0.238. The molecule has 1 aliphatic heterocycles. The number of fused-ring (bicyclic) bond motifs is 1. The maximum Gasteiger partial charge on any atom is 0.338 e. The number of urea groups is 1. The Morgan fingerprint density at radius 3 is 2.45 bits per heavy atom. The summed E-state index contributed by atoms with van der Waals surface area (Å²) in [5.41, 5.74) is 2.03. The van der Waals surface area contributed by atoms with Crippen LogP contribution in [0.25, 0.3) is 0 Å². The number of rotatable bonds is 6. The second kappa shape index (κ2) is 8.53. The van der Waals surface area contributed by atoms with Crippen molar-refractivity contribution in [2.45, 2.75) is 17.9 Å². The molecule has 0 N–H and O–H groups in total. The monoisotopic (exact) mass is 478 g/mol. The van der Waals surface area contributed by atoms with Crippen molar-refractivity contribution >= 4 is 44.9 Å². The van der Waals surface area contributed by atoms with Gasteiger partial charge >= 0.3 is 6.03 Å². The van der Waals surface area contributed by atoms with Gasteiger partial charge in [0.05, 0.1) is 6.20 Å². The second-order valence-electron chi connectivity index (χ2n) is 7.19. The molecule has 4 rings (SSSR count). The molecular formula is C21H20Cl2N4O3S. The van der Waals surface area contributed by atoms with E-state index in [2.05, 4.69) is 5.10 Å². The van der Waals surface area contributed by atoms with E-state index in [1.807, 2.05) is 30.3 Å². The van der Waals surface area contributed by atoms with E-state index in [0.717, 1.165) is 15.4 Å². The standard InChI is InChI=1S/C21H20Cl2N4O3S/c1-25-20-19(14-24-25)26(11-10-16-7-8-17(22)13-18(16)23)21(28)27(31(20,29)30)12-9-15-5-3-2-4-6-15/h2-8,13-14H,9-12H2,1H3. The van der Waals surface area contributed by atoms with Crippen molar-refractivity contribution in [2.24, 2.45) is 7.05 Å². The number of carbonyl (C=O) groups is 1. The highest BCUT2D eigenvalue weighted by atomic mass is 35.5. The fourth-order valence-electron chi connectivity index (χ4n) is 3.61. The summed E-state index contributed by atoms with van der Waals surface area (Å²) in [5.74, 6) is 0. The van der Waals surface area contributed by atoms with Gasteiger partial charge in [0.15, 0.2) is 5.03 Å². The number of carbonyl (C=O) groups excluding carboxylic acids is 1. The van der Waals surface area contributed by atoms with Crippen LogP contribution in [-0.2, 0) is 29.9 Å². The number of halogens is 2. The van der Waals surface area contributed by atoms with E-state index in [9.17, 15) is 13.2 Å². The third-order valence-corrected chi connectivity index (χ3v) is 7.67. The van der Waals surface area contributed by atoms with Crippen LogP contribution >= 0.6 is 23.2 Å². The number of aryl methyl sites for hydroxylation is 1. The van der Waals surface area contributed by atoms with Gasteiger partial charge < -0.3 is 0 Å². The number of hydrogen-bond donors (Lipinski definition) is 0. The van der Waals surface area contributed by atoms with Crippen molar-refractivity contribution in [2.75, 3.05) is 18.0 Å². The molecule has 1 aliphatic rings. The van der Waals surface area contributed by atoms with E-state index in [1.54, 1.807) is 25.2 Å². The van der Waals surface area contributed by atoms with Gasteiger partial charge in [0.2, 0.25) is 0 Å². The van der Waals surface area contributed by atoms with Crippen LogP contribution in [0, 0.1) is 0 Å². The third kappa shape index (κ3) is 4.15. The van der Waals surface area contributed by atoms with Crippen LogP contribution in [0.4, 0.5) is 10.5 Å². The Hall–Kier alpha value is -2.55. The first-order valence-corrected chi connectivity index (χ1v) is 11.8. The van der Waals surface area contributed by atoms with Crippen LogP contribution in [0.15, 0.2) is 59.8 Å². The SMILES string of the molecule is Cn1ncc2c1S(=O)(=O)N(CCc1ccccc1)C(=O)N2CCc1ccc(Cl)cc1Cl. The van der Waals surface area contributed by atoms with Gasteiger partial charge in [-0.15, -0.1) is 0 Å². The second-order valence-corrected chi connectivity index (χ2v) is 9.81. The predicted octanol–water partition coefficient (Wildman–Crippen LogP) is 4.14. The molecular weight excluding hydrogens is 459 g/mol. The Kier molecular flexibility index (Phi) is 5.96. The van der Waals surface area contributed by atoms with E-state index in [0.29, 0.717) is 22.9 Å². The smallest absolute Gasteiger partial charge is 0.289 e. The molecule has 31 heavy (non-hydrogen) atoms. The van der Waals surface area contributed by atoms with E-state index in [-0.39, 0.29) is 23.8 Å². The molecule has 0 bridgehead atoms. The van der Waals surface area contributed by atoms with Crippen molar-refractivity contribution in [3.05, 3.63) is 75.9 Å². The quantitative estimate of drug-likeness (QED) is 0.533. The molecule has 0 saturated heterocycles. The number of anilines is 1. The lowest BCUT2D eigenvalue weighted by molar-refractivity contribution is 0.227. The Balaban J connectivity index is 1.63. The van der Waals surface area contributed by atoms with Crippen LogP contribution < -0.4 is 4.90 Å². The Morgan fingerprint density at radius 2 is 1.74 bits per heavy atom. The number of benzene rings is 2. The van der Waals surface area contributed by atoms with E-state index in [1.165, 1.54) is 15.8 Å². The van der Waals surface area contributed by atoms with Crippen molar-refractivity contribution in [1.82, 2.24) is 14.1 Å². The average molecular weight is 479 g/mol. The minimum atomic E-state index is -4.02. The lowest BCUT2D eigenvalue weighted by Crippen LogP contribution is -2.52. The van der Waals surface area contributed by atoms with Gasteiger partial charge in [0, 0.05) is 30.2 Å². The van der Waals surface area contributed by atoms with Gasteiger partial charge in [-0.2, -0.15) is 13.5 Å². The molecule has 0 radical (unpaired) electrons. The molecule has 7 nitrogen and oxygen atoms in total. The van der Waals surface area contributed by atoms with Crippen LogP contribution in [0.5, 0.6) is 0 Å². The zero-order chi connectivity index (χ0) is 22.2. The largest absolute Gasteiger partial charge is 0.338 e. The number of aromatic nitrogens is 2. The molecule has 10 heteroatoms. The van der Waals surface area contributed by atoms with Gasteiger partial charge in [-0.1, -0.05) is 59.6 Å². The summed E-state index contributed by atoms with van der Waals surface area (Å²) in [6, 6.07) is 14.0. The summed E-state index contributed by atoms with van der Waals surface area (Å²) in [7, 11) is -2.47. The average Bonchev–Trinajstić information content (AvgIpc) is 3.12. The summed E-state index contributed by atoms with van der Waals surface area (Å²) in [5, 5.41) is 5.11. The summed E-state index contributed by atoms with van der Waals surface area (Å²) >= 11 is 12.2. The van der Waals surface area contributed by atoms with Crippen molar-refractivity contribution in [3.8, 4) is 0 Å². The molecule has 2 amide bonds. The van der Waals surface area contributed by atoms with E-state index < -0.39 is 16.1 Å². The number of sulfonamides is 1. The van der Waals surface area contributed by atoms with E-state index in [4.69, 9.17) is 23.2 Å². The third-order valence-electron chi connectivity index (χ3n) is 5.20. The summed E-state index contributed by atoms with van der Waals surface area (Å²) < 4.78 is 28.6. The first-order valence-electron chi connectivity index (χ1n) is 9.63. The summed E-state index contributed by atoms with van der Waals surface area (Å²) in [4.78, 5) is 14.7. The van der Waals surface area contributed by atoms with Gasteiger partial charge in [-0.05, 0) is 36.1 Å². The van der Waals surface area contributed by atoms with Crippen LogP contribution in [-0.4, -0.2) is 41.6 Å². The summed E-state index contributed by atoms with van der Waals surface area (Å²) in [6.45, 7) is 0.282. The lowest BCUT2D eigenvalue weighted by Gasteiger charge is -2.34. The lowest BCUT2D eigenvalue weighted by atomic mass is 10.1. The summed E-state index contributed by atoms with van der Waals surface area (Å²) in [6.07, 6.45) is 2.25. The molecule has 0 fully saturated rings. The molecule has 0 spiro atoms. The van der Waals surface area contributed by atoms with Gasteiger partial charge in [0.1, 0.15) is 5.69 Å². The van der Waals surface area contributed by atoms with Gasteiger partial charge in [-0.3, -0.25) is 9.58 Å². The predicted molar refractivity (Wildman–Crippen MR) is 120 cm³/mol. The number of amides is 2. The molecule has 3 aromatic rings. The Labute approximate surface area is 190 Å². The number of nitrogens with zero attached hydrogens (tertiary/aromatic N) is 4. The minimum Gasteiger partial charge on any atom is -0.289 e. The maximum atomic E-state index is 13.3. The minimum absolute atomic E-state index is 0.00219. The highest BCUT2D eigenvalue weighted by Crippen LogP contribution is 2.34. The van der Waals surface area contributed by atoms with Crippen molar-refractivity contribution in [1.29, 1.82) is 0 Å².